The Kier molecular flexibility index (Phi) is 3.98. The van der Waals surface area contributed by atoms with Gasteiger partial charge in [-0.2, -0.15) is 13.2 Å². The lowest BCUT2D eigenvalue weighted by molar-refractivity contribution is -0.182. The van der Waals surface area contributed by atoms with E-state index < -0.39 is 65.2 Å². The molecule has 4 bridgehead atoms. The Morgan fingerprint density at radius 1 is 1.03 bits per heavy atom. The molecule has 9 heteroatoms. The molecule has 13 unspecified atom stereocenters. The van der Waals surface area contributed by atoms with E-state index in [4.69, 9.17) is 14.2 Å². The van der Waals surface area contributed by atoms with Gasteiger partial charge in [0.15, 0.2) is 0 Å². The van der Waals surface area contributed by atoms with Crippen molar-refractivity contribution in [3.63, 3.8) is 0 Å². The number of hydrogen-bond acceptors (Lipinski definition) is 6. The van der Waals surface area contributed by atoms with E-state index >= 15 is 0 Å². The van der Waals surface area contributed by atoms with E-state index in [0.717, 1.165) is 37.0 Å². The van der Waals surface area contributed by atoms with Crippen molar-refractivity contribution >= 4 is 17.9 Å². The minimum atomic E-state index is -4.92. The van der Waals surface area contributed by atoms with Crippen LogP contribution < -0.4 is 0 Å². The molecule has 0 aromatic carbocycles. The number of halogens is 3. The lowest BCUT2D eigenvalue weighted by atomic mass is 9.63. The first kappa shape index (κ1) is 21.2. The largest absolute Gasteiger partial charge is 0.459 e. The van der Waals surface area contributed by atoms with Crippen LogP contribution in [0, 0.1) is 59.2 Å². The van der Waals surface area contributed by atoms with Crippen LogP contribution in [-0.4, -0.2) is 41.9 Å². The van der Waals surface area contributed by atoms with Crippen LogP contribution in [0.4, 0.5) is 13.2 Å². The number of carbonyl (C=O) groups excluding carboxylic acids is 3. The van der Waals surface area contributed by atoms with E-state index in [9.17, 15) is 27.6 Å². The van der Waals surface area contributed by atoms with E-state index in [-0.39, 0.29) is 5.92 Å². The molecule has 7 aliphatic rings. The molecule has 34 heavy (non-hydrogen) atoms. The zero-order chi connectivity index (χ0) is 23.9. The second-order valence-electron chi connectivity index (χ2n) is 12.0. The van der Waals surface area contributed by atoms with Crippen molar-refractivity contribution in [2.24, 2.45) is 59.2 Å². The second kappa shape index (κ2) is 6.38. The van der Waals surface area contributed by atoms with Gasteiger partial charge >= 0.3 is 24.1 Å². The minimum Gasteiger partial charge on any atom is -0.459 e. The Hall–Kier alpha value is -2.06. The topological polar surface area (TPSA) is 78.9 Å². The van der Waals surface area contributed by atoms with Crippen LogP contribution in [-0.2, 0) is 28.6 Å². The number of esters is 3. The molecule has 184 valence electrons. The summed E-state index contributed by atoms with van der Waals surface area (Å²) in [6.07, 6.45) is -1.94. The monoisotopic (exact) mass is 480 g/mol. The van der Waals surface area contributed by atoms with Crippen LogP contribution in [0.3, 0.4) is 0 Å². The third kappa shape index (κ3) is 2.56. The highest BCUT2D eigenvalue weighted by molar-refractivity contribution is 5.90. The molecule has 6 nitrogen and oxygen atoms in total. The van der Waals surface area contributed by atoms with Gasteiger partial charge in [0.05, 0.1) is 11.8 Å². The molecule has 7 fully saturated rings. The summed E-state index contributed by atoms with van der Waals surface area (Å²) in [5, 5.41) is 0. The highest BCUT2D eigenvalue weighted by Gasteiger charge is 2.73. The van der Waals surface area contributed by atoms with Crippen molar-refractivity contribution in [2.45, 2.75) is 63.0 Å². The molecule has 6 aliphatic carbocycles. The van der Waals surface area contributed by atoms with E-state index in [1.54, 1.807) is 0 Å². The molecule has 0 aromatic heterocycles. The van der Waals surface area contributed by atoms with Gasteiger partial charge in [0, 0.05) is 17.8 Å². The van der Waals surface area contributed by atoms with Crippen molar-refractivity contribution < 1.29 is 41.8 Å². The van der Waals surface area contributed by atoms with Gasteiger partial charge in [-0.3, -0.25) is 9.59 Å². The highest BCUT2D eigenvalue weighted by atomic mass is 19.4. The van der Waals surface area contributed by atoms with Crippen molar-refractivity contribution in [1.29, 1.82) is 0 Å². The molecule has 0 spiro atoms. The molecule has 0 radical (unpaired) electrons. The predicted molar refractivity (Wildman–Crippen MR) is 107 cm³/mol. The first-order valence-corrected chi connectivity index (χ1v) is 12.4. The zero-order valence-electron chi connectivity index (χ0n) is 18.8. The normalized spacial score (nSPS) is 52.9. The number of rotatable bonds is 4. The van der Waals surface area contributed by atoms with Crippen LogP contribution >= 0.6 is 0 Å². The average Bonchev–Trinajstić information content (AvgIpc) is 3.03. The minimum absolute atomic E-state index is 0.305. The summed E-state index contributed by atoms with van der Waals surface area (Å²) < 4.78 is 55.7. The lowest BCUT2D eigenvalue weighted by Crippen LogP contribution is -2.48. The Morgan fingerprint density at radius 3 is 2.53 bits per heavy atom. The zero-order valence-corrected chi connectivity index (χ0v) is 18.8. The van der Waals surface area contributed by atoms with E-state index in [2.05, 4.69) is 6.58 Å². The van der Waals surface area contributed by atoms with Crippen LogP contribution in [0.1, 0.15) is 39.0 Å². The van der Waals surface area contributed by atoms with Gasteiger partial charge < -0.3 is 14.2 Å². The Balaban J connectivity index is 1.13. The molecule has 0 N–H and O–H groups in total. The summed E-state index contributed by atoms with van der Waals surface area (Å²) in [5.74, 6) is -1.66. The summed E-state index contributed by atoms with van der Waals surface area (Å²) in [6.45, 7) is 4.84. The first-order chi connectivity index (χ1) is 16.0. The summed E-state index contributed by atoms with van der Waals surface area (Å²) in [6, 6.07) is 0. The van der Waals surface area contributed by atoms with Gasteiger partial charge in [0.1, 0.15) is 23.4 Å². The maximum Gasteiger partial charge on any atom is 0.422 e. The Bertz CT molecular complexity index is 1020. The lowest BCUT2D eigenvalue weighted by Gasteiger charge is -2.43. The molecule has 1 aliphatic heterocycles. The van der Waals surface area contributed by atoms with Gasteiger partial charge in [-0.15, -0.1) is 0 Å². The van der Waals surface area contributed by atoms with Crippen LogP contribution in [0.15, 0.2) is 12.2 Å². The molecule has 1 saturated heterocycles. The van der Waals surface area contributed by atoms with E-state index in [0.29, 0.717) is 24.2 Å². The maximum atomic E-state index is 13.6. The predicted octanol–water partition coefficient (Wildman–Crippen LogP) is 3.44. The third-order valence-corrected chi connectivity index (χ3v) is 10.8. The average molecular weight is 480 g/mol. The van der Waals surface area contributed by atoms with Gasteiger partial charge in [0.25, 0.3) is 0 Å². The first-order valence-electron chi connectivity index (χ1n) is 12.4. The number of alkyl halides is 3. The Labute approximate surface area is 194 Å². The third-order valence-electron chi connectivity index (χ3n) is 10.8. The van der Waals surface area contributed by atoms with Gasteiger partial charge in [-0.1, -0.05) is 6.58 Å². The molecular weight excluding hydrogens is 453 g/mol. The van der Waals surface area contributed by atoms with Crippen molar-refractivity contribution in [3.05, 3.63) is 12.2 Å². The summed E-state index contributed by atoms with van der Waals surface area (Å²) in [7, 11) is 0. The summed E-state index contributed by atoms with van der Waals surface area (Å²) in [4.78, 5) is 38.4. The fourth-order valence-corrected chi connectivity index (χ4v) is 9.11. The molecule has 13 atom stereocenters. The van der Waals surface area contributed by atoms with E-state index in [1.165, 1.54) is 6.42 Å². The number of hydrogen-bond donors (Lipinski definition) is 0. The maximum absolute atomic E-state index is 13.6. The van der Waals surface area contributed by atoms with Crippen LogP contribution in [0.25, 0.3) is 0 Å². The fraction of sp³-hybridized carbons (Fsp3) is 0.800. The molecular formula is C25H27F3O6. The smallest absolute Gasteiger partial charge is 0.422 e. The van der Waals surface area contributed by atoms with Gasteiger partial charge in [0.2, 0.25) is 0 Å². The highest BCUT2D eigenvalue weighted by Crippen LogP contribution is 2.72. The second-order valence-corrected chi connectivity index (χ2v) is 12.0. The summed E-state index contributed by atoms with van der Waals surface area (Å²) in [5.41, 5.74) is -2.19. The molecule has 0 amide bonds. The van der Waals surface area contributed by atoms with Crippen molar-refractivity contribution in [2.75, 3.05) is 0 Å². The molecule has 0 aromatic rings. The molecule has 1 heterocycles. The van der Waals surface area contributed by atoms with Crippen LogP contribution in [0.2, 0.25) is 0 Å². The molecule has 6 saturated carbocycles. The Morgan fingerprint density at radius 2 is 1.79 bits per heavy atom. The standard InChI is InChI=1S/C25H27F3O6/c1-8(25(26,27)28)21(29)32-19-15-6-14-17(22(30)33-20(14)19)18(15)23(31)34-24(2)10-3-9-4-12(11(9)5-10)13-7-16(13)24/h9-20H,1,3-7H2,2H3. The van der Waals surface area contributed by atoms with Gasteiger partial charge in [-0.25, -0.2) is 4.79 Å². The quantitative estimate of drug-likeness (QED) is 0.349. The fourth-order valence-electron chi connectivity index (χ4n) is 9.11. The number of carbonyl (C=O) groups is 3. The van der Waals surface area contributed by atoms with Crippen molar-refractivity contribution in [3.8, 4) is 0 Å². The SMILES string of the molecule is C=C(C(=O)OC1C2CC3C1OC(=O)C3C2C(=O)OC1(C)C2CC3CC(C3C2)C2CC21)C(F)(F)F. The number of fused-ring (bicyclic) bond motifs is 4. The molecule has 7 rings (SSSR count). The van der Waals surface area contributed by atoms with Crippen LogP contribution in [0.5, 0.6) is 0 Å². The van der Waals surface area contributed by atoms with E-state index in [1.807, 2.05) is 6.92 Å². The van der Waals surface area contributed by atoms with Crippen molar-refractivity contribution in [1.82, 2.24) is 0 Å². The summed E-state index contributed by atoms with van der Waals surface area (Å²) >= 11 is 0. The van der Waals surface area contributed by atoms with Gasteiger partial charge in [-0.05, 0) is 68.6 Å². The number of ether oxygens (including phenoxy) is 3.